The highest BCUT2D eigenvalue weighted by molar-refractivity contribution is 6.39. The lowest BCUT2D eigenvalue weighted by atomic mass is 9.88. The Hall–Kier alpha value is -3.42. The van der Waals surface area contributed by atoms with E-state index in [9.17, 15) is 14.4 Å². The van der Waals surface area contributed by atoms with E-state index in [0.717, 1.165) is 49.0 Å². The van der Waals surface area contributed by atoms with Gasteiger partial charge in [0.25, 0.3) is 0 Å². The van der Waals surface area contributed by atoms with E-state index >= 15 is 0 Å². The third kappa shape index (κ3) is 6.67. The van der Waals surface area contributed by atoms with Gasteiger partial charge >= 0.3 is 17.8 Å². The Balaban J connectivity index is 1.45. The van der Waals surface area contributed by atoms with E-state index in [-0.39, 0.29) is 18.4 Å². The molecule has 4 rings (SSSR count). The third-order valence-corrected chi connectivity index (χ3v) is 6.90. The van der Waals surface area contributed by atoms with Crippen molar-refractivity contribution < 1.29 is 19.1 Å². The van der Waals surface area contributed by atoms with Crippen LogP contribution < -0.4 is 10.6 Å². The molecular weight excluding hydrogens is 468 g/mol. The molecular formula is C29H38N4O4. The lowest BCUT2D eigenvalue weighted by Crippen LogP contribution is -2.46. The summed E-state index contributed by atoms with van der Waals surface area (Å²) in [6.45, 7) is 10.9. The molecule has 2 N–H and O–H groups in total. The third-order valence-electron chi connectivity index (χ3n) is 6.90. The van der Waals surface area contributed by atoms with Gasteiger partial charge < -0.3 is 20.3 Å². The van der Waals surface area contributed by atoms with Crippen LogP contribution in [0.2, 0.25) is 0 Å². The summed E-state index contributed by atoms with van der Waals surface area (Å²) in [5.74, 6) is -1.26. The molecule has 0 bridgehead atoms. The van der Waals surface area contributed by atoms with Crippen LogP contribution in [0.25, 0.3) is 0 Å². The smallest absolute Gasteiger partial charge is 0.313 e. The van der Waals surface area contributed by atoms with Gasteiger partial charge in [0.2, 0.25) is 0 Å². The molecule has 2 aliphatic heterocycles. The number of benzene rings is 1. The van der Waals surface area contributed by atoms with Gasteiger partial charge in [-0.15, -0.1) is 0 Å². The maximum atomic E-state index is 13.4. The molecule has 1 aromatic heterocycles. The maximum Gasteiger partial charge on any atom is 0.313 e. The van der Waals surface area contributed by atoms with E-state index in [2.05, 4.69) is 40.7 Å². The molecule has 8 nitrogen and oxygen atoms in total. The first-order valence-corrected chi connectivity index (χ1v) is 13.2. The van der Waals surface area contributed by atoms with Crippen LogP contribution in [-0.2, 0) is 32.0 Å². The fourth-order valence-electron chi connectivity index (χ4n) is 5.11. The average molecular weight is 507 g/mol. The number of carbonyl (C=O) groups is 3. The van der Waals surface area contributed by atoms with E-state index < -0.39 is 17.4 Å². The predicted molar refractivity (Wildman–Crippen MR) is 143 cm³/mol. The van der Waals surface area contributed by atoms with E-state index in [1.807, 2.05) is 27.7 Å². The number of amides is 2. The number of nitrogens with zero attached hydrogens (tertiary/aromatic N) is 2. The number of aromatic nitrogens is 1. The SMILES string of the molecule is Cc1cc(NC(=O)C(=O)N2C[C@@H](C)CC[C@@H]2c2ccc3c(c2)CCCN3)cnc1CC(=O)OC(C)(C)C. The number of aryl methyl sites for hydroxylation is 2. The minimum atomic E-state index is -0.681. The zero-order valence-corrected chi connectivity index (χ0v) is 22.5. The number of carbonyl (C=O) groups excluding carboxylic acids is 3. The molecule has 2 aromatic rings. The molecule has 0 aliphatic carbocycles. The highest BCUT2D eigenvalue weighted by atomic mass is 16.6. The monoisotopic (exact) mass is 506 g/mol. The quantitative estimate of drug-likeness (QED) is 0.465. The Morgan fingerprint density at radius 1 is 1.19 bits per heavy atom. The van der Waals surface area contributed by atoms with Crippen LogP contribution in [0.15, 0.2) is 30.5 Å². The van der Waals surface area contributed by atoms with Crippen molar-refractivity contribution in [2.24, 2.45) is 5.92 Å². The molecule has 2 atom stereocenters. The van der Waals surface area contributed by atoms with Gasteiger partial charge in [-0.25, -0.2) is 0 Å². The van der Waals surface area contributed by atoms with Gasteiger partial charge in [-0.3, -0.25) is 19.4 Å². The van der Waals surface area contributed by atoms with Gasteiger partial charge in [0, 0.05) is 18.8 Å². The van der Waals surface area contributed by atoms with Gasteiger partial charge in [-0.2, -0.15) is 0 Å². The molecule has 2 aliphatic rings. The fourth-order valence-corrected chi connectivity index (χ4v) is 5.11. The van der Waals surface area contributed by atoms with E-state index in [4.69, 9.17) is 4.74 Å². The van der Waals surface area contributed by atoms with E-state index in [0.29, 0.717) is 23.8 Å². The number of pyridine rings is 1. The van der Waals surface area contributed by atoms with Crippen molar-refractivity contribution in [3.63, 3.8) is 0 Å². The lowest BCUT2D eigenvalue weighted by Gasteiger charge is -2.39. The number of hydrogen-bond donors (Lipinski definition) is 2. The van der Waals surface area contributed by atoms with Crippen LogP contribution in [0.1, 0.15) is 75.4 Å². The standard InChI is InChI=1S/C29H38N4O4/c1-18-8-11-25(21-9-10-23-20(14-21)7-6-12-30-23)33(17-18)28(36)27(35)32-22-13-19(2)24(31-16-22)15-26(34)37-29(3,4)5/h9-10,13-14,16,18,25,30H,6-8,11-12,15,17H2,1-5H3,(H,32,35)/t18-,25+/m0/s1. The zero-order chi connectivity index (χ0) is 26.7. The van der Waals surface area contributed by atoms with Crippen LogP contribution in [0, 0.1) is 12.8 Å². The molecule has 2 amide bonds. The topological polar surface area (TPSA) is 101 Å². The number of nitrogens with one attached hydrogen (secondary N) is 2. The second kappa shape index (κ2) is 10.9. The number of ether oxygens (including phenoxy) is 1. The van der Waals surface area contributed by atoms with Crippen LogP contribution >= 0.6 is 0 Å². The largest absolute Gasteiger partial charge is 0.460 e. The Morgan fingerprint density at radius 2 is 1.97 bits per heavy atom. The molecule has 0 radical (unpaired) electrons. The highest BCUT2D eigenvalue weighted by Crippen LogP contribution is 2.36. The molecule has 198 valence electrons. The van der Waals surface area contributed by atoms with Crippen molar-refractivity contribution in [3.8, 4) is 0 Å². The minimum Gasteiger partial charge on any atom is -0.460 e. The first-order chi connectivity index (χ1) is 17.5. The number of esters is 1. The normalized spacial score (nSPS) is 19.4. The summed E-state index contributed by atoms with van der Waals surface area (Å²) in [5, 5.41) is 6.15. The predicted octanol–water partition coefficient (Wildman–Crippen LogP) is 4.57. The van der Waals surface area contributed by atoms with Gasteiger partial charge in [0.1, 0.15) is 5.60 Å². The number of anilines is 2. The van der Waals surface area contributed by atoms with Crippen molar-refractivity contribution in [2.75, 3.05) is 23.7 Å². The first-order valence-electron chi connectivity index (χ1n) is 13.2. The number of hydrogen-bond acceptors (Lipinski definition) is 6. The maximum absolute atomic E-state index is 13.4. The minimum absolute atomic E-state index is 0.0416. The summed E-state index contributed by atoms with van der Waals surface area (Å²) >= 11 is 0. The average Bonchev–Trinajstić information content (AvgIpc) is 2.83. The van der Waals surface area contributed by atoms with Crippen LogP contribution in [-0.4, -0.2) is 46.4 Å². The molecule has 3 heterocycles. The van der Waals surface area contributed by atoms with Gasteiger partial charge in [-0.05, 0) is 88.1 Å². The Bertz CT molecular complexity index is 1190. The van der Waals surface area contributed by atoms with Gasteiger partial charge in [-0.1, -0.05) is 19.1 Å². The summed E-state index contributed by atoms with van der Waals surface area (Å²) in [4.78, 5) is 44.7. The van der Waals surface area contributed by atoms with Crippen LogP contribution in [0.3, 0.4) is 0 Å². The van der Waals surface area contributed by atoms with Crippen molar-refractivity contribution in [1.82, 2.24) is 9.88 Å². The molecule has 0 unspecified atom stereocenters. The Kier molecular flexibility index (Phi) is 7.85. The van der Waals surface area contributed by atoms with Crippen LogP contribution in [0.5, 0.6) is 0 Å². The highest BCUT2D eigenvalue weighted by Gasteiger charge is 2.34. The molecule has 8 heteroatoms. The molecule has 1 saturated heterocycles. The summed E-state index contributed by atoms with van der Waals surface area (Å²) < 4.78 is 5.37. The first kappa shape index (κ1) is 26.6. The summed E-state index contributed by atoms with van der Waals surface area (Å²) in [6.07, 6.45) is 5.46. The van der Waals surface area contributed by atoms with Crippen molar-refractivity contribution >= 4 is 29.2 Å². The lowest BCUT2D eigenvalue weighted by molar-refractivity contribution is -0.154. The van der Waals surface area contributed by atoms with E-state index in [1.165, 1.54) is 11.8 Å². The summed E-state index contributed by atoms with van der Waals surface area (Å²) in [7, 11) is 0. The summed E-state index contributed by atoms with van der Waals surface area (Å²) in [6, 6.07) is 7.96. The molecule has 0 spiro atoms. The second-order valence-corrected chi connectivity index (χ2v) is 11.3. The Morgan fingerprint density at radius 3 is 2.70 bits per heavy atom. The number of piperidine rings is 1. The number of fused-ring (bicyclic) bond motifs is 1. The second-order valence-electron chi connectivity index (χ2n) is 11.3. The van der Waals surface area contributed by atoms with Gasteiger partial charge in [0.15, 0.2) is 0 Å². The fraction of sp³-hybridized carbons (Fsp3) is 0.517. The molecule has 0 saturated carbocycles. The van der Waals surface area contributed by atoms with Crippen LogP contribution in [0.4, 0.5) is 11.4 Å². The van der Waals surface area contributed by atoms with Crippen molar-refractivity contribution in [2.45, 2.75) is 78.4 Å². The zero-order valence-electron chi connectivity index (χ0n) is 22.5. The van der Waals surface area contributed by atoms with Gasteiger partial charge in [0.05, 0.1) is 30.0 Å². The van der Waals surface area contributed by atoms with Crippen molar-refractivity contribution in [3.05, 3.63) is 52.8 Å². The van der Waals surface area contributed by atoms with E-state index in [1.54, 1.807) is 11.0 Å². The summed E-state index contributed by atoms with van der Waals surface area (Å²) in [5.41, 5.74) is 4.68. The number of likely N-dealkylation sites (tertiary alicyclic amines) is 1. The molecule has 1 aromatic carbocycles. The number of rotatable bonds is 4. The Labute approximate surface area is 219 Å². The molecule has 37 heavy (non-hydrogen) atoms. The molecule has 1 fully saturated rings. The van der Waals surface area contributed by atoms with Crippen molar-refractivity contribution in [1.29, 1.82) is 0 Å².